The van der Waals surface area contributed by atoms with Crippen molar-refractivity contribution >= 4 is 11.5 Å². The highest BCUT2D eigenvalue weighted by Crippen LogP contribution is 2.16. The van der Waals surface area contributed by atoms with Crippen LogP contribution in [0.25, 0.3) is 0 Å². The van der Waals surface area contributed by atoms with Crippen molar-refractivity contribution in [3.05, 3.63) is 71.7 Å². The molecule has 0 unspecified atom stereocenters. The predicted molar refractivity (Wildman–Crippen MR) is 81.1 cm³/mol. The second-order valence-electron chi connectivity index (χ2n) is 4.55. The van der Waals surface area contributed by atoms with Crippen LogP contribution in [0.4, 0.5) is 10.1 Å². The van der Waals surface area contributed by atoms with Crippen molar-refractivity contribution in [1.29, 1.82) is 0 Å². The average Bonchev–Trinajstić information content (AvgIpc) is 2.48. The van der Waals surface area contributed by atoms with Crippen molar-refractivity contribution in [2.24, 2.45) is 0 Å². The molecule has 3 nitrogen and oxygen atoms in total. The van der Waals surface area contributed by atoms with Gasteiger partial charge in [0, 0.05) is 23.0 Å². The van der Waals surface area contributed by atoms with Crippen molar-refractivity contribution < 1.29 is 13.9 Å². The molecule has 0 atom stereocenters. The van der Waals surface area contributed by atoms with Crippen LogP contribution in [0.5, 0.6) is 5.75 Å². The zero-order valence-corrected chi connectivity index (χ0v) is 11.9. The summed E-state index contributed by atoms with van der Waals surface area (Å²) in [5, 5.41) is 3.12. The topological polar surface area (TPSA) is 38.3 Å². The van der Waals surface area contributed by atoms with E-state index in [2.05, 4.69) is 5.32 Å². The molecule has 0 bridgehead atoms. The van der Waals surface area contributed by atoms with E-state index in [-0.39, 0.29) is 11.6 Å². The Morgan fingerprint density at radius 1 is 1.10 bits per heavy atom. The minimum Gasteiger partial charge on any atom is -0.497 e. The van der Waals surface area contributed by atoms with Crippen LogP contribution >= 0.6 is 0 Å². The monoisotopic (exact) mass is 285 g/mol. The van der Waals surface area contributed by atoms with E-state index in [4.69, 9.17) is 4.74 Å². The zero-order chi connectivity index (χ0) is 15.2. The third kappa shape index (κ3) is 4.18. The van der Waals surface area contributed by atoms with E-state index in [0.717, 1.165) is 11.4 Å². The minimum absolute atomic E-state index is 0.173. The molecule has 0 spiro atoms. The Bertz CT molecular complexity index is 645. The Morgan fingerprint density at radius 3 is 2.29 bits per heavy atom. The largest absolute Gasteiger partial charge is 0.497 e. The number of ether oxygens (including phenoxy) is 1. The fourth-order valence-corrected chi connectivity index (χ4v) is 1.83. The number of hydrogen-bond donors (Lipinski definition) is 1. The Balaban J connectivity index is 2.05. The number of nitrogens with one attached hydrogen (secondary N) is 1. The van der Waals surface area contributed by atoms with Crippen LogP contribution in [0, 0.1) is 5.82 Å². The van der Waals surface area contributed by atoms with Gasteiger partial charge in [-0.2, -0.15) is 0 Å². The Kier molecular flexibility index (Phi) is 4.72. The van der Waals surface area contributed by atoms with Crippen molar-refractivity contribution in [3.63, 3.8) is 0 Å². The van der Waals surface area contributed by atoms with Crippen molar-refractivity contribution in [1.82, 2.24) is 0 Å². The smallest absolute Gasteiger partial charge is 0.187 e. The summed E-state index contributed by atoms with van der Waals surface area (Å²) in [6.07, 6.45) is 1.48. The van der Waals surface area contributed by atoms with Gasteiger partial charge in [-0.15, -0.1) is 0 Å². The van der Waals surface area contributed by atoms with Crippen LogP contribution in [0.1, 0.15) is 17.3 Å². The van der Waals surface area contributed by atoms with E-state index in [1.165, 1.54) is 30.3 Å². The first-order valence-corrected chi connectivity index (χ1v) is 6.48. The molecule has 108 valence electrons. The number of benzene rings is 2. The maximum absolute atomic E-state index is 12.8. The van der Waals surface area contributed by atoms with Crippen LogP contribution in [0.15, 0.2) is 60.3 Å². The quantitative estimate of drug-likeness (QED) is 0.665. The van der Waals surface area contributed by atoms with Crippen molar-refractivity contribution in [3.8, 4) is 5.75 Å². The van der Waals surface area contributed by atoms with Crippen molar-refractivity contribution in [2.75, 3.05) is 12.4 Å². The number of methoxy groups -OCH3 is 1. The fourth-order valence-electron chi connectivity index (χ4n) is 1.83. The van der Waals surface area contributed by atoms with Gasteiger partial charge in [0.1, 0.15) is 11.6 Å². The first-order chi connectivity index (χ1) is 10.1. The van der Waals surface area contributed by atoms with Gasteiger partial charge in [-0.3, -0.25) is 4.79 Å². The standard InChI is InChI=1S/C17H16FNO2/c1-12(19-15-7-9-16(21-2)10-8-15)11-17(20)13-3-5-14(18)6-4-13/h3-11,19H,1-2H3. The highest BCUT2D eigenvalue weighted by Gasteiger charge is 2.03. The molecule has 1 N–H and O–H groups in total. The molecule has 0 heterocycles. The molecule has 0 saturated carbocycles. The molecule has 0 amide bonds. The van der Waals surface area contributed by atoms with E-state index in [0.29, 0.717) is 11.3 Å². The lowest BCUT2D eigenvalue weighted by Crippen LogP contribution is -2.01. The van der Waals surface area contributed by atoms with Gasteiger partial charge in [0.2, 0.25) is 0 Å². The summed E-state index contributed by atoms with van der Waals surface area (Å²) in [5.41, 5.74) is 2.01. The number of carbonyl (C=O) groups excluding carboxylic acids is 1. The number of ketones is 1. The van der Waals surface area contributed by atoms with E-state index in [9.17, 15) is 9.18 Å². The van der Waals surface area contributed by atoms with Gasteiger partial charge in [-0.05, 0) is 55.5 Å². The molecule has 21 heavy (non-hydrogen) atoms. The number of halogens is 1. The molecule has 4 heteroatoms. The molecule has 0 saturated heterocycles. The third-order valence-corrected chi connectivity index (χ3v) is 2.91. The van der Waals surface area contributed by atoms with Crippen LogP contribution in [0.2, 0.25) is 0 Å². The van der Waals surface area contributed by atoms with E-state index >= 15 is 0 Å². The summed E-state index contributed by atoms with van der Waals surface area (Å²) in [5.74, 6) is 0.238. The first kappa shape index (κ1) is 14.8. The highest BCUT2D eigenvalue weighted by atomic mass is 19.1. The lowest BCUT2D eigenvalue weighted by atomic mass is 10.1. The van der Waals surface area contributed by atoms with Gasteiger partial charge in [0.15, 0.2) is 5.78 Å². The van der Waals surface area contributed by atoms with Gasteiger partial charge >= 0.3 is 0 Å². The summed E-state index contributed by atoms with van der Waals surface area (Å²) in [6, 6.07) is 12.9. The number of carbonyl (C=O) groups is 1. The molecule has 0 aromatic heterocycles. The summed E-state index contributed by atoms with van der Waals surface area (Å²) in [4.78, 5) is 12.0. The number of hydrogen-bond acceptors (Lipinski definition) is 3. The predicted octanol–water partition coefficient (Wildman–Crippen LogP) is 4.03. The average molecular weight is 285 g/mol. The van der Waals surface area contributed by atoms with Gasteiger partial charge in [0.05, 0.1) is 7.11 Å². The summed E-state index contributed by atoms with van der Waals surface area (Å²) in [6.45, 7) is 1.80. The normalized spacial score (nSPS) is 11.1. The molecular weight excluding hydrogens is 269 g/mol. The minimum atomic E-state index is -0.358. The molecular formula is C17H16FNO2. The summed E-state index contributed by atoms with van der Waals surface area (Å²) < 4.78 is 17.9. The third-order valence-electron chi connectivity index (χ3n) is 2.91. The number of allylic oxidation sites excluding steroid dienone is 2. The fraction of sp³-hybridized carbons (Fsp3) is 0.118. The van der Waals surface area contributed by atoms with Crippen LogP contribution in [-0.4, -0.2) is 12.9 Å². The van der Waals surface area contributed by atoms with Gasteiger partial charge in [0.25, 0.3) is 0 Å². The number of rotatable bonds is 5. The van der Waals surface area contributed by atoms with E-state index < -0.39 is 0 Å². The first-order valence-electron chi connectivity index (χ1n) is 6.48. The SMILES string of the molecule is COc1ccc(NC(C)=CC(=O)c2ccc(F)cc2)cc1. The molecule has 0 aliphatic carbocycles. The van der Waals surface area contributed by atoms with Crippen LogP contribution in [-0.2, 0) is 0 Å². The molecule has 0 fully saturated rings. The summed E-state index contributed by atoms with van der Waals surface area (Å²) >= 11 is 0. The Labute approximate surface area is 123 Å². The lowest BCUT2D eigenvalue weighted by Gasteiger charge is -2.07. The van der Waals surface area contributed by atoms with Crippen LogP contribution in [0.3, 0.4) is 0 Å². The van der Waals surface area contributed by atoms with Gasteiger partial charge in [-0.1, -0.05) is 0 Å². The molecule has 2 aromatic carbocycles. The maximum atomic E-state index is 12.8. The molecule has 2 aromatic rings. The maximum Gasteiger partial charge on any atom is 0.187 e. The van der Waals surface area contributed by atoms with E-state index in [1.807, 2.05) is 24.3 Å². The lowest BCUT2D eigenvalue weighted by molar-refractivity contribution is 0.104. The molecule has 2 rings (SSSR count). The van der Waals surface area contributed by atoms with Gasteiger partial charge in [-0.25, -0.2) is 4.39 Å². The molecule has 0 aliphatic rings. The van der Waals surface area contributed by atoms with Crippen molar-refractivity contribution in [2.45, 2.75) is 6.92 Å². The zero-order valence-electron chi connectivity index (χ0n) is 11.9. The molecule has 0 radical (unpaired) electrons. The van der Waals surface area contributed by atoms with E-state index in [1.54, 1.807) is 14.0 Å². The Morgan fingerprint density at radius 2 is 1.71 bits per heavy atom. The second-order valence-corrected chi connectivity index (χ2v) is 4.55. The highest BCUT2D eigenvalue weighted by molar-refractivity contribution is 6.05. The van der Waals surface area contributed by atoms with Crippen LogP contribution < -0.4 is 10.1 Å². The number of anilines is 1. The molecule has 0 aliphatic heterocycles. The van der Waals surface area contributed by atoms with Gasteiger partial charge < -0.3 is 10.1 Å². The second kappa shape index (κ2) is 6.70. The summed E-state index contributed by atoms with van der Waals surface area (Å²) in [7, 11) is 1.61. The Hall–Kier alpha value is -2.62.